The summed E-state index contributed by atoms with van der Waals surface area (Å²) in [6, 6.07) is 13.9. The lowest BCUT2D eigenvalue weighted by molar-refractivity contribution is -0.145. The van der Waals surface area contributed by atoms with Crippen LogP contribution in [0.15, 0.2) is 48.5 Å². The number of carboxylic acid groups (broad SMARTS) is 1. The van der Waals surface area contributed by atoms with Crippen LogP contribution in [-0.2, 0) is 32.1 Å². The van der Waals surface area contributed by atoms with Crippen LogP contribution in [0.4, 0.5) is 14.9 Å². The molecule has 174 valence electrons. The zero-order chi connectivity index (χ0) is 24.0. The number of hydrogen-bond donors (Lipinski definition) is 2. The lowest BCUT2D eigenvalue weighted by atomic mass is 9.97. The van der Waals surface area contributed by atoms with Gasteiger partial charge in [-0.3, -0.25) is 19.3 Å². The van der Waals surface area contributed by atoms with E-state index in [-0.39, 0.29) is 13.0 Å². The molecule has 0 fully saturated rings. The second kappa shape index (κ2) is 10.9. The number of ketones is 1. The molecule has 0 spiro atoms. The van der Waals surface area contributed by atoms with Crippen molar-refractivity contribution in [2.45, 2.75) is 32.0 Å². The molecule has 2 aromatic carbocycles. The first kappa shape index (κ1) is 24.2. The van der Waals surface area contributed by atoms with Crippen LogP contribution in [0.2, 0.25) is 5.02 Å². The van der Waals surface area contributed by atoms with E-state index in [1.807, 2.05) is 12.1 Å². The Labute approximate surface area is 194 Å². The Morgan fingerprint density at radius 1 is 1.15 bits per heavy atom. The number of carbonyl (C=O) groups excluding carboxylic acids is 3. The maximum absolute atomic E-state index is 13.1. The molecule has 0 radical (unpaired) electrons. The number of carbonyl (C=O) groups is 4. The molecule has 0 aromatic heterocycles. The number of hydrogen-bond acceptors (Lipinski definition) is 5. The minimum atomic E-state index is -1.70. The third kappa shape index (κ3) is 5.87. The molecule has 0 bridgehead atoms. The highest BCUT2D eigenvalue weighted by Gasteiger charge is 2.36. The second-order valence-corrected chi connectivity index (χ2v) is 7.87. The van der Waals surface area contributed by atoms with Gasteiger partial charge in [0.15, 0.2) is 5.78 Å². The van der Waals surface area contributed by atoms with Gasteiger partial charge in [0.1, 0.15) is 25.4 Å². The number of anilines is 1. The van der Waals surface area contributed by atoms with Gasteiger partial charge in [-0.25, -0.2) is 9.18 Å². The molecule has 2 atom stereocenters. The predicted molar refractivity (Wildman–Crippen MR) is 118 cm³/mol. The highest BCUT2D eigenvalue weighted by molar-refractivity contribution is 6.31. The van der Waals surface area contributed by atoms with Gasteiger partial charge in [0, 0.05) is 10.6 Å². The van der Waals surface area contributed by atoms with E-state index in [9.17, 15) is 23.6 Å². The second-order valence-electron chi connectivity index (χ2n) is 7.46. The molecular weight excluding hydrogens is 455 g/mol. The van der Waals surface area contributed by atoms with Gasteiger partial charge in [-0.05, 0) is 30.5 Å². The fourth-order valence-corrected chi connectivity index (χ4v) is 3.81. The van der Waals surface area contributed by atoms with Gasteiger partial charge in [-0.2, -0.15) is 0 Å². The van der Waals surface area contributed by atoms with Crippen molar-refractivity contribution in [3.05, 3.63) is 64.7 Å². The zero-order valence-electron chi connectivity index (χ0n) is 17.5. The van der Waals surface area contributed by atoms with E-state index < -0.39 is 48.9 Å². The molecule has 1 heterocycles. The van der Waals surface area contributed by atoms with Crippen LogP contribution < -0.4 is 10.2 Å². The number of amides is 2. The minimum absolute atomic E-state index is 0.111. The molecule has 3 rings (SSSR count). The Bertz CT molecular complexity index is 1060. The summed E-state index contributed by atoms with van der Waals surface area (Å²) in [6.07, 6.45) is -1.74. The van der Waals surface area contributed by atoms with E-state index in [0.717, 1.165) is 5.56 Å². The fourth-order valence-electron chi connectivity index (χ4n) is 3.62. The van der Waals surface area contributed by atoms with Gasteiger partial charge in [-0.1, -0.05) is 48.0 Å². The van der Waals surface area contributed by atoms with E-state index in [2.05, 4.69) is 5.32 Å². The summed E-state index contributed by atoms with van der Waals surface area (Å²) in [5.74, 6) is -5.22. The molecule has 10 heteroatoms. The monoisotopic (exact) mass is 476 g/mol. The topological polar surface area (TPSA) is 113 Å². The SMILES string of the molecule is O=C(O)CC(C(=O)CF)C(=O)NC1CCc2ccccc2N1C(=O)OCc1ccccc1Cl. The van der Waals surface area contributed by atoms with Crippen LogP contribution in [0.25, 0.3) is 0 Å². The Balaban J connectivity index is 1.83. The predicted octanol–water partition coefficient (Wildman–Crippen LogP) is 3.50. The Hall–Kier alpha value is -3.46. The Kier molecular flexibility index (Phi) is 8.00. The third-order valence-corrected chi connectivity index (χ3v) is 5.65. The number of Topliss-reactive ketones (excluding diaryl/α,β-unsaturated/α-hetero) is 1. The van der Waals surface area contributed by atoms with Crippen molar-refractivity contribution in [2.24, 2.45) is 5.92 Å². The number of fused-ring (bicyclic) bond motifs is 1. The largest absolute Gasteiger partial charge is 0.481 e. The number of ether oxygens (including phenoxy) is 1. The van der Waals surface area contributed by atoms with E-state index >= 15 is 0 Å². The normalized spacial score (nSPS) is 15.8. The van der Waals surface area contributed by atoms with E-state index in [0.29, 0.717) is 22.7 Å². The first-order valence-electron chi connectivity index (χ1n) is 10.2. The van der Waals surface area contributed by atoms with Crippen LogP contribution in [0.3, 0.4) is 0 Å². The first-order valence-corrected chi connectivity index (χ1v) is 10.6. The van der Waals surface area contributed by atoms with E-state index in [1.165, 1.54) is 4.90 Å². The van der Waals surface area contributed by atoms with Gasteiger partial charge < -0.3 is 15.2 Å². The molecule has 0 saturated carbocycles. The van der Waals surface area contributed by atoms with Crippen LogP contribution >= 0.6 is 11.6 Å². The summed E-state index contributed by atoms with van der Waals surface area (Å²) in [5, 5.41) is 12.0. The van der Waals surface area contributed by atoms with E-state index in [1.54, 1.807) is 36.4 Å². The molecule has 1 aliphatic rings. The lowest BCUT2D eigenvalue weighted by Gasteiger charge is -2.37. The van der Waals surface area contributed by atoms with E-state index in [4.69, 9.17) is 21.4 Å². The number of aryl methyl sites for hydroxylation is 1. The van der Waals surface area contributed by atoms with Crippen LogP contribution in [-0.4, -0.2) is 41.7 Å². The summed E-state index contributed by atoms with van der Waals surface area (Å²) >= 11 is 6.12. The first-order chi connectivity index (χ1) is 15.8. The highest BCUT2D eigenvalue weighted by Crippen LogP contribution is 2.31. The number of nitrogens with one attached hydrogen (secondary N) is 1. The van der Waals surface area contributed by atoms with Crippen LogP contribution in [0.1, 0.15) is 24.0 Å². The number of nitrogens with zero attached hydrogens (tertiary/aromatic N) is 1. The summed E-state index contributed by atoms with van der Waals surface area (Å²) in [7, 11) is 0. The average molecular weight is 477 g/mol. The van der Waals surface area contributed by atoms with Gasteiger partial charge in [0.25, 0.3) is 0 Å². The zero-order valence-corrected chi connectivity index (χ0v) is 18.3. The van der Waals surface area contributed by atoms with Crippen molar-refractivity contribution in [3.8, 4) is 0 Å². The Morgan fingerprint density at radius 3 is 2.55 bits per heavy atom. The highest BCUT2D eigenvalue weighted by atomic mass is 35.5. The molecule has 2 aromatic rings. The number of benzene rings is 2. The lowest BCUT2D eigenvalue weighted by Crippen LogP contribution is -2.55. The molecule has 0 saturated heterocycles. The van der Waals surface area contributed by atoms with Crippen molar-refractivity contribution in [2.75, 3.05) is 11.6 Å². The molecule has 2 amide bonds. The smallest absolute Gasteiger partial charge is 0.416 e. The summed E-state index contributed by atoms with van der Waals surface area (Å²) in [4.78, 5) is 49.9. The minimum Gasteiger partial charge on any atom is -0.481 e. The molecule has 8 nitrogen and oxygen atoms in total. The van der Waals surface area contributed by atoms with Crippen molar-refractivity contribution in [1.82, 2.24) is 5.32 Å². The molecular formula is C23H22ClFN2O6. The number of alkyl halides is 1. The van der Waals surface area contributed by atoms with Crippen molar-refractivity contribution in [1.29, 1.82) is 0 Å². The number of rotatable bonds is 8. The molecule has 2 unspecified atom stereocenters. The number of halogens is 2. The average Bonchev–Trinajstić information content (AvgIpc) is 2.81. The van der Waals surface area contributed by atoms with Crippen LogP contribution in [0.5, 0.6) is 0 Å². The van der Waals surface area contributed by atoms with Crippen molar-refractivity contribution < 1.29 is 33.4 Å². The Morgan fingerprint density at radius 2 is 1.85 bits per heavy atom. The third-order valence-electron chi connectivity index (χ3n) is 5.28. The van der Waals surface area contributed by atoms with Gasteiger partial charge in [0.05, 0.1) is 12.1 Å². The fraction of sp³-hybridized carbons (Fsp3) is 0.304. The molecule has 33 heavy (non-hydrogen) atoms. The standard InChI is InChI=1S/C23H22ClFN2O6/c24-17-7-3-1-6-15(17)13-33-23(32)27-18-8-4-2-5-14(18)9-10-20(27)26-22(31)16(11-21(29)30)19(28)12-25/h1-8,16,20H,9-13H2,(H,26,31)(H,29,30). The summed E-state index contributed by atoms with van der Waals surface area (Å²) in [5.41, 5.74) is 1.94. The maximum atomic E-state index is 13.1. The molecule has 2 N–H and O–H groups in total. The quantitative estimate of drug-likeness (QED) is 0.564. The van der Waals surface area contributed by atoms with Crippen LogP contribution in [0, 0.1) is 5.92 Å². The number of para-hydroxylation sites is 1. The van der Waals surface area contributed by atoms with Crippen molar-refractivity contribution in [3.63, 3.8) is 0 Å². The summed E-state index contributed by atoms with van der Waals surface area (Å²) < 4.78 is 18.3. The van der Waals surface area contributed by atoms with Gasteiger partial charge in [0.2, 0.25) is 5.91 Å². The summed E-state index contributed by atoms with van der Waals surface area (Å²) in [6.45, 7) is -1.58. The van der Waals surface area contributed by atoms with Crippen molar-refractivity contribution >= 4 is 41.0 Å². The van der Waals surface area contributed by atoms with Gasteiger partial charge in [-0.15, -0.1) is 0 Å². The number of aliphatic carboxylic acids is 1. The molecule has 1 aliphatic heterocycles. The van der Waals surface area contributed by atoms with Gasteiger partial charge >= 0.3 is 12.1 Å². The number of carboxylic acids is 1. The molecule has 0 aliphatic carbocycles. The maximum Gasteiger partial charge on any atom is 0.416 e.